The van der Waals surface area contributed by atoms with Gasteiger partial charge in [-0.3, -0.25) is 19.4 Å². The van der Waals surface area contributed by atoms with Gasteiger partial charge in [0.25, 0.3) is 0 Å². The van der Waals surface area contributed by atoms with Crippen molar-refractivity contribution in [1.82, 2.24) is 46.6 Å². The van der Waals surface area contributed by atoms with E-state index in [1.165, 1.54) is 0 Å². The zero-order valence-corrected chi connectivity index (χ0v) is 47.6. The van der Waals surface area contributed by atoms with E-state index in [0.717, 1.165) is 4.90 Å². The van der Waals surface area contributed by atoms with Crippen LogP contribution < -0.4 is 31.9 Å². The first kappa shape index (κ1) is 71.0. The van der Waals surface area contributed by atoms with Crippen molar-refractivity contribution >= 4 is 42.3 Å². The second-order valence-electron chi connectivity index (χ2n) is 20.9. The minimum absolute atomic E-state index is 0.0250. The summed E-state index contributed by atoms with van der Waals surface area (Å²) in [6, 6.07) is 0. The number of amides is 7. The Morgan fingerprint density at radius 2 is 0.539 bits per heavy atom. The Bertz CT molecular complexity index is 1450. The molecular formula is C49H95N9O18. The van der Waals surface area contributed by atoms with E-state index in [-0.39, 0.29) is 157 Å². The molecular weight excluding hydrogens is 1000 g/mol. The zero-order valence-electron chi connectivity index (χ0n) is 47.6. The molecule has 0 spiro atoms. The van der Waals surface area contributed by atoms with Gasteiger partial charge in [-0.1, -0.05) is 0 Å². The molecule has 0 aromatic heterocycles. The predicted molar refractivity (Wildman–Crippen MR) is 280 cm³/mol. The number of ether oxygens (including phenoxy) is 10. The number of nitrogens with zero attached hydrogens (tertiary/aromatic N) is 3. The second kappa shape index (κ2) is 40.2. The number of carbonyl (C=O) groups is 7. The Balaban J connectivity index is 4.74. The van der Waals surface area contributed by atoms with Gasteiger partial charge in [-0.05, 0) is 83.1 Å². The van der Waals surface area contributed by atoms with Gasteiger partial charge in [-0.2, -0.15) is 0 Å². The Labute approximate surface area is 450 Å². The number of hydrogen-bond donors (Lipinski definition) is 7. The van der Waals surface area contributed by atoms with Gasteiger partial charge in [0.05, 0.1) is 92.4 Å². The van der Waals surface area contributed by atoms with Crippen molar-refractivity contribution in [3.63, 3.8) is 0 Å². The van der Waals surface area contributed by atoms with E-state index in [0.29, 0.717) is 26.2 Å². The van der Waals surface area contributed by atoms with Gasteiger partial charge in [-0.25, -0.2) is 24.0 Å². The number of carboxylic acid groups (broad SMARTS) is 1. The average Bonchev–Trinajstić information content (AvgIpc) is 3.27. The molecule has 0 atom stereocenters. The van der Waals surface area contributed by atoms with Crippen LogP contribution in [0.3, 0.4) is 0 Å². The average molecular weight is 1100 g/mol. The molecule has 0 aliphatic carbocycles. The highest BCUT2D eigenvalue weighted by atomic mass is 16.6. The number of alkyl carbamates (subject to hydrolysis) is 4. The summed E-state index contributed by atoms with van der Waals surface area (Å²) >= 11 is 0. The van der Waals surface area contributed by atoms with Crippen LogP contribution in [0, 0.1) is 0 Å². The van der Waals surface area contributed by atoms with Crippen molar-refractivity contribution < 1.29 is 86.0 Å². The molecule has 0 rings (SSSR count). The largest absolute Gasteiger partial charge is 0.465 e. The highest BCUT2D eigenvalue weighted by molar-refractivity contribution is 5.78. The SMILES string of the molecule is CC(C)(C)OC(=O)NCCOCCN(CCOCCNC(=O)OC(C)(C)C)CC(=O)NCCOCCN(CCOCCNC(=O)CN(CCOCCNC(=O)OC(C)(C)C)CCOCCNC(=O)OC(C)(C)C)C(=O)O. The highest BCUT2D eigenvalue weighted by Crippen LogP contribution is 2.09. The van der Waals surface area contributed by atoms with Crippen LogP contribution in [0.1, 0.15) is 83.1 Å². The molecule has 0 aliphatic rings. The lowest BCUT2D eigenvalue weighted by atomic mass is 10.2. The van der Waals surface area contributed by atoms with E-state index in [9.17, 15) is 38.7 Å². The Morgan fingerprint density at radius 3 is 0.750 bits per heavy atom. The lowest BCUT2D eigenvalue weighted by Gasteiger charge is -2.22. The van der Waals surface area contributed by atoms with E-state index < -0.39 is 52.9 Å². The molecule has 0 aromatic carbocycles. The molecule has 0 unspecified atom stereocenters. The summed E-state index contributed by atoms with van der Waals surface area (Å²) in [6.45, 7) is 26.6. The fraction of sp³-hybridized carbons (Fsp3) is 0.857. The minimum Gasteiger partial charge on any atom is -0.465 e. The van der Waals surface area contributed by atoms with Crippen molar-refractivity contribution in [3.05, 3.63) is 0 Å². The van der Waals surface area contributed by atoms with Gasteiger partial charge in [-0.15, -0.1) is 0 Å². The first-order chi connectivity index (χ1) is 35.5. The standard InChI is InChI=1S/C49H95N9O18/c1-46(2,3)73-41(61)52-15-27-67-31-19-56(20-32-68-28-16-53-42(62)74-47(4,5)6)37-39(59)50-13-25-71-35-23-58(45(65)66)24-36-72-26-14-51-40(60)38-57(21-33-69-29-17-54-43(63)75-48(7,8)9)22-34-70-30-18-55-44(64)76-49(10,11)12/h13-38H2,1-12H3,(H,50,59)(H,51,60)(H,52,61)(H,53,62)(H,54,63)(H,55,64)(H,65,66). The van der Waals surface area contributed by atoms with Crippen LogP contribution in [-0.2, 0) is 57.0 Å². The Morgan fingerprint density at radius 1 is 0.329 bits per heavy atom. The molecule has 444 valence electrons. The molecule has 27 heteroatoms. The van der Waals surface area contributed by atoms with Crippen molar-refractivity contribution in [2.45, 2.75) is 105 Å². The molecule has 0 heterocycles. The van der Waals surface area contributed by atoms with E-state index in [1.54, 1.807) is 83.1 Å². The van der Waals surface area contributed by atoms with Crippen LogP contribution >= 0.6 is 0 Å². The van der Waals surface area contributed by atoms with Crippen LogP contribution in [0.5, 0.6) is 0 Å². The molecule has 0 aromatic rings. The lowest BCUT2D eigenvalue weighted by Crippen LogP contribution is -2.42. The fourth-order valence-corrected chi connectivity index (χ4v) is 5.78. The molecule has 0 radical (unpaired) electrons. The molecule has 7 amide bonds. The van der Waals surface area contributed by atoms with Crippen LogP contribution in [0.25, 0.3) is 0 Å². The van der Waals surface area contributed by atoms with Crippen molar-refractivity contribution in [3.8, 4) is 0 Å². The van der Waals surface area contributed by atoms with Crippen molar-refractivity contribution in [2.75, 3.05) is 171 Å². The van der Waals surface area contributed by atoms with Gasteiger partial charge in [0, 0.05) is 78.5 Å². The molecule has 7 N–H and O–H groups in total. The summed E-state index contributed by atoms with van der Waals surface area (Å²) in [5.74, 6) is -0.555. The number of rotatable bonds is 40. The molecule has 0 saturated carbocycles. The quantitative estimate of drug-likeness (QED) is 0.0341. The topological polar surface area (TPSA) is 314 Å². The van der Waals surface area contributed by atoms with Crippen LogP contribution in [-0.4, -0.2) is 255 Å². The van der Waals surface area contributed by atoms with E-state index in [2.05, 4.69) is 31.9 Å². The normalized spacial score (nSPS) is 11.9. The third-order valence-electron chi connectivity index (χ3n) is 9.02. The number of nitrogens with one attached hydrogen (secondary N) is 6. The van der Waals surface area contributed by atoms with Gasteiger partial charge in [0.2, 0.25) is 11.8 Å². The summed E-state index contributed by atoms with van der Waals surface area (Å²) in [7, 11) is 0. The fourth-order valence-electron chi connectivity index (χ4n) is 5.78. The van der Waals surface area contributed by atoms with E-state index in [1.807, 2.05) is 9.80 Å². The van der Waals surface area contributed by atoms with Crippen LogP contribution in [0.15, 0.2) is 0 Å². The second-order valence-corrected chi connectivity index (χ2v) is 20.9. The molecule has 0 bridgehead atoms. The van der Waals surface area contributed by atoms with E-state index in [4.69, 9.17) is 47.4 Å². The van der Waals surface area contributed by atoms with Crippen molar-refractivity contribution in [2.24, 2.45) is 0 Å². The highest BCUT2D eigenvalue weighted by Gasteiger charge is 2.20. The molecule has 0 fully saturated rings. The smallest absolute Gasteiger partial charge is 0.407 e. The summed E-state index contributed by atoms with van der Waals surface area (Å²) in [5, 5.41) is 25.8. The molecule has 76 heavy (non-hydrogen) atoms. The molecule has 0 aliphatic heterocycles. The monoisotopic (exact) mass is 1100 g/mol. The maximum atomic E-state index is 12.9. The van der Waals surface area contributed by atoms with E-state index >= 15 is 0 Å². The minimum atomic E-state index is -1.16. The van der Waals surface area contributed by atoms with Crippen LogP contribution in [0.2, 0.25) is 0 Å². The van der Waals surface area contributed by atoms with Gasteiger partial charge >= 0.3 is 30.5 Å². The number of hydrogen-bond acceptors (Lipinski definition) is 19. The Kier molecular flexibility index (Phi) is 37.6. The van der Waals surface area contributed by atoms with Gasteiger partial charge in [0.15, 0.2) is 0 Å². The maximum Gasteiger partial charge on any atom is 0.407 e. The summed E-state index contributed by atoms with van der Waals surface area (Å²) < 4.78 is 54.7. The third kappa shape index (κ3) is 48.6. The maximum absolute atomic E-state index is 12.9. The van der Waals surface area contributed by atoms with Crippen molar-refractivity contribution in [1.29, 1.82) is 0 Å². The first-order valence-corrected chi connectivity index (χ1v) is 25.8. The summed E-state index contributed by atoms with van der Waals surface area (Å²) in [6.07, 6.45) is -3.35. The zero-order chi connectivity index (χ0) is 57.5. The molecule has 0 saturated heterocycles. The lowest BCUT2D eigenvalue weighted by molar-refractivity contribution is -0.123. The van der Waals surface area contributed by atoms with Gasteiger partial charge in [0.1, 0.15) is 22.4 Å². The molecule has 27 nitrogen and oxygen atoms in total. The summed E-state index contributed by atoms with van der Waals surface area (Å²) in [4.78, 5) is 89.9. The third-order valence-corrected chi connectivity index (χ3v) is 9.02. The predicted octanol–water partition coefficient (Wildman–Crippen LogP) is 2.00. The number of carbonyl (C=O) groups excluding carboxylic acids is 6. The van der Waals surface area contributed by atoms with Gasteiger partial charge < -0.3 is 89.3 Å². The first-order valence-electron chi connectivity index (χ1n) is 25.8. The Hall–Kier alpha value is -5.03. The summed E-state index contributed by atoms with van der Waals surface area (Å²) in [5.41, 5.74) is -2.49. The van der Waals surface area contributed by atoms with Crippen LogP contribution in [0.4, 0.5) is 24.0 Å².